The summed E-state index contributed by atoms with van der Waals surface area (Å²) in [6, 6.07) is 10.8. The highest BCUT2D eigenvalue weighted by molar-refractivity contribution is 14.0. The van der Waals surface area contributed by atoms with Gasteiger partial charge in [0.05, 0.1) is 19.8 Å². The van der Waals surface area contributed by atoms with E-state index in [2.05, 4.69) is 21.7 Å². The van der Waals surface area contributed by atoms with Crippen molar-refractivity contribution in [3.05, 3.63) is 64.5 Å². The molecule has 0 aliphatic heterocycles. The predicted octanol–water partition coefficient (Wildman–Crippen LogP) is 3.90. The Labute approximate surface area is 183 Å². The van der Waals surface area contributed by atoms with Gasteiger partial charge in [0.15, 0.2) is 5.96 Å². The molecule has 0 radical (unpaired) electrons. The van der Waals surface area contributed by atoms with Crippen LogP contribution in [0.1, 0.15) is 36.1 Å². The first-order valence-electron chi connectivity index (χ1n) is 9.20. The summed E-state index contributed by atoms with van der Waals surface area (Å²) < 4.78 is 19.2. The maximum atomic E-state index is 13.5. The molecule has 0 amide bonds. The molecule has 0 aliphatic rings. The lowest BCUT2D eigenvalue weighted by Crippen LogP contribution is -2.36. The molecule has 3 N–H and O–H groups in total. The number of aliphatic hydroxyl groups excluding tert-OH is 1. The van der Waals surface area contributed by atoms with Gasteiger partial charge in [0.25, 0.3) is 0 Å². The lowest BCUT2D eigenvalue weighted by atomic mass is 10.1. The van der Waals surface area contributed by atoms with Gasteiger partial charge in [-0.05, 0) is 50.1 Å². The molecule has 0 atom stereocenters. The minimum absolute atomic E-state index is 0. The Balaban J connectivity index is 0.00000392. The van der Waals surface area contributed by atoms with E-state index in [-0.39, 0.29) is 36.1 Å². The molecular formula is C21H29FIN3O2. The average Bonchev–Trinajstić information content (AvgIpc) is 2.66. The van der Waals surface area contributed by atoms with E-state index in [0.717, 1.165) is 29.0 Å². The van der Waals surface area contributed by atoms with E-state index in [1.54, 1.807) is 12.1 Å². The lowest BCUT2D eigenvalue weighted by Gasteiger charge is -2.15. The number of aliphatic hydroxyl groups is 1. The number of hydrogen-bond donors (Lipinski definition) is 3. The minimum atomic E-state index is -0.405. The normalized spacial score (nSPS) is 11.0. The van der Waals surface area contributed by atoms with Gasteiger partial charge in [0.2, 0.25) is 0 Å². The van der Waals surface area contributed by atoms with Gasteiger partial charge in [0, 0.05) is 24.2 Å². The van der Waals surface area contributed by atoms with Crippen molar-refractivity contribution >= 4 is 29.9 Å². The zero-order valence-corrected chi connectivity index (χ0v) is 18.9. The molecule has 2 aromatic carbocycles. The molecule has 7 heteroatoms. The van der Waals surface area contributed by atoms with Crippen LogP contribution in [-0.2, 0) is 19.7 Å². The highest BCUT2D eigenvalue weighted by Gasteiger charge is 2.06. The second-order valence-electron chi connectivity index (χ2n) is 6.18. The van der Waals surface area contributed by atoms with E-state index in [1.165, 1.54) is 6.07 Å². The molecule has 154 valence electrons. The SMILES string of the molecule is CCNC(=NCc1ccc(F)c(CO)c1)NCc1ccc(C)cc1OCC.I. The zero-order valence-electron chi connectivity index (χ0n) is 16.6. The Kier molecular flexibility index (Phi) is 10.8. The van der Waals surface area contributed by atoms with E-state index in [0.29, 0.717) is 25.7 Å². The van der Waals surface area contributed by atoms with E-state index in [9.17, 15) is 9.50 Å². The van der Waals surface area contributed by atoms with E-state index >= 15 is 0 Å². The number of halogens is 2. The van der Waals surface area contributed by atoms with Crippen LogP contribution in [-0.4, -0.2) is 24.2 Å². The minimum Gasteiger partial charge on any atom is -0.494 e. The van der Waals surface area contributed by atoms with Crippen LogP contribution in [0.5, 0.6) is 5.75 Å². The molecule has 0 unspecified atom stereocenters. The zero-order chi connectivity index (χ0) is 19.6. The lowest BCUT2D eigenvalue weighted by molar-refractivity contribution is 0.275. The molecule has 0 aromatic heterocycles. The highest BCUT2D eigenvalue weighted by atomic mass is 127. The van der Waals surface area contributed by atoms with Crippen molar-refractivity contribution < 1.29 is 14.2 Å². The molecule has 0 saturated carbocycles. The summed E-state index contributed by atoms with van der Waals surface area (Å²) in [4.78, 5) is 4.55. The summed E-state index contributed by atoms with van der Waals surface area (Å²) in [6.07, 6.45) is 0. The summed E-state index contributed by atoms with van der Waals surface area (Å²) in [5.74, 6) is 1.13. The molecule has 0 saturated heterocycles. The molecule has 5 nitrogen and oxygen atoms in total. The van der Waals surface area contributed by atoms with Gasteiger partial charge in [-0.1, -0.05) is 18.2 Å². The Morgan fingerprint density at radius 3 is 2.57 bits per heavy atom. The molecule has 0 aliphatic carbocycles. The van der Waals surface area contributed by atoms with Gasteiger partial charge >= 0.3 is 0 Å². The van der Waals surface area contributed by atoms with Crippen LogP contribution in [0.3, 0.4) is 0 Å². The molecule has 2 rings (SSSR count). The second-order valence-corrected chi connectivity index (χ2v) is 6.18. The molecule has 2 aromatic rings. The Bertz CT molecular complexity index is 784. The maximum absolute atomic E-state index is 13.5. The van der Waals surface area contributed by atoms with Crippen LogP contribution < -0.4 is 15.4 Å². The number of ether oxygens (including phenoxy) is 1. The predicted molar refractivity (Wildman–Crippen MR) is 122 cm³/mol. The summed E-state index contributed by atoms with van der Waals surface area (Å²) >= 11 is 0. The number of guanidine groups is 1. The van der Waals surface area contributed by atoms with Crippen molar-refractivity contribution in [1.29, 1.82) is 0 Å². The van der Waals surface area contributed by atoms with Crippen LogP contribution >= 0.6 is 24.0 Å². The van der Waals surface area contributed by atoms with Gasteiger partial charge in [-0.2, -0.15) is 0 Å². The smallest absolute Gasteiger partial charge is 0.191 e. The van der Waals surface area contributed by atoms with Crippen molar-refractivity contribution in [2.45, 2.75) is 40.5 Å². The van der Waals surface area contributed by atoms with Crippen molar-refractivity contribution in [3.8, 4) is 5.75 Å². The van der Waals surface area contributed by atoms with Gasteiger partial charge in [-0.3, -0.25) is 0 Å². The fourth-order valence-corrected chi connectivity index (χ4v) is 2.64. The van der Waals surface area contributed by atoms with Gasteiger partial charge < -0.3 is 20.5 Å². The van der Waals surface area contributed by atoms with E-state index in [1.807, 2.05) is 32.9 Å². The van der Waals surface area contributed by atoms with Crippen LogP contribution in [0.25, 0.3) is 0 Å². The number of rotatable bonds is 8. The number of aliphatic imine (C=N–C) groups is 1. The monoisotopic (exact) mass is 501 g/mol. The van der Waals surface area contributed by atoms with Crippen molar-refractivity contribution in [2.75, 3.05) is 13.2 Å². The van der Waals surface area contributed by atoms with E-state index in [4.69, 9.17) is 4.74 Å². The quantitative estimate of drug-likeness (QED) is 0.292. The summed E-state index contributed by atoms with van der Waals surface area (Å²) in [5, 5.41) is 15.7. The topological polar surface area (TPSA) is 65.9 Å². The first kappa shape index (κ1) is 24.2. The third-order valence-electron chi connectivity index (χ3n) is 4.01. The number of nitrogens with one attached hydrogen (secondary N) is 2. The first-order valence-corrected chi connectivity index (χ1v) is 9.20. The number of benzene rings is 2. The van der Waals surface area contributed by atoms with Crippen molar-refractivity contribution in [2.24, 2.45) is 4.99 Å². The molecule has 0 heterocycles. The molecular weight excluding hydrogens is 472 g/mol. The van der Waals surface area contributed by atoms with Gasteiger partial charge in [-0.25, -0.2) is 9.38 Å². The molecule has 0 bridgehead atoms. The summed E-state index contributed by atoms with van der Waals surface area (Å²) in [6.45, 7) is 7.97. The maximum Gasteiger partial charge on any atom is 0.191 e. The van der Waals surface area contributed by atoms with Crippen LogP contribution in [0.4, 0.5) is 4.39 Å². The second kappa shape index (κ2) is 12.6. The third kappa shape index (κ3) is 7.27. The Morgan fingerprint density at radius 1 is 1.11 bits per heavy atom. The van der Waals surface area contributed by atoms with Crippen LogP contribution in [0.15, 0.2) is 41.4 Å². The van der Waals surface area contributed by atoms with Gasteiger partial charge in [0.1, 0.15) is 11.6 Å². The third-order valence-corrected chi connectivity index (χ3v) is 4.01. The Hall–Kier alpha value is -1.87. The number of nitrogens with zero attached hydrogens (tertiary/aromatic N) is 1. The highest BCUT2D eigenvalue weighted by Crippen LogP contribution is 2.20. The number of hydrogen-bond acceptors (Lipinski definition) is 3. The summed E-state index contributed by atoms with van der Waals surface area (Å²) in [7, 11) is 0. The Morgan fingerprint density at radius 2 is 1.89 bits per heavy atom. The molecule has 0 spiro atoms. The van der Waals surface area contributed by atoms with Crippen LogP contribution in [0, 0.1) is 12.7 Å². The standard InChI is InChI=1S/C21H28FN3O2.HI/c1-4-23-21(24-12-16-7-9-19(22)18(11-16)14-26)25-13-17-8-6-15(3)10-20(17)27-5-2;/h6-11,26H,4-5,12-14H2,1-3H3,(H2,23,24,25);1H. The first-order chi connectivity index (χ1) is 13.1. The average molecular weight is 501 g/mol. The molecule has 28 heavy (non-hydrogen) atoms. The summed E-state index contributed by atoms with van der Waals surface area (Å²) in [5.41, 5.74) is 3.32. The largest absolute Gasteiger partial charge is 0.494 e. The van der Waals surface area contributed by atoms with Gasteiger partial charge in [-0.15, -0.1) is 24.0 Å². The van der Waals surface area contributed by atoms with Crippen LogP contribution in [0.2, 0.25) is 0 Å². The number of aryl methyl sites for hydroxylation is 1. The van der Waals surface area contributed by atoms with Crippen molar-refractivity contribution in [3.63, 3.8) is 0 Å². The fraction of sp³-hybridized carbons (Fsp3) is 0.381. The van der Waals surface area contributed by atoms with Crippen molar-refractivity contribution in [1.82, 2.24) is 10.6 Å². The molecule has 0 fully saturated rings. The van der Waals surface area contributed by atoms with E-state index < -0.39 is 5.82 Å². The fourth-order valence-electron chi connectivity index (χ4n) is 2.64.